The van der Waals surface area contributed by atoms with Gasteiger partial charge in [0.1, 0.15) is 12.0 Å². The first-order valence-corrected chi connectivity index (χ1v) is 16.0. The zero-order chi connectivity index (χ0) is 32.7. The minimum Gasteiger partial charge on any atom is -0.404 e. The molecule has 0 spiro atoms. The van der Waals surface area contributed by atoms with E-state index in [9.17, 15) is 23.7 Å². The molecule has 2 aromatic rings. The van der Waals surface area contributed by atoms with E-state index in [0.717, 1.165) is 11.8 Å². The number of phosphoric acid groups is 1. The molecule has 2 unspecified atom stereocenters. The fraction of sp³-hybridized carbons (Fsp3) is 0.538. The molecule has 5 N–H and O–H groups in total. The second-order valence-electron chi connectivity index (χ2n) is 11.0. The number of benzene rings is 1. The summed E-state index contributed by atoms with van der Waals surface area (Å²) in [4.78, 5) is 52.8. The SMILES string of the molecule is Cc1cn([C@H]2CC(N=[N+]=[N-])[C@@H](COP(=O)(OCCSC(=O)C(C)(C)C)Oc3ccc(C[C@H](N)C(N)=O)cc3)O2)c(=O)[nH]c1=O. The van der Waals surface area contributed by atoms with Crippen LogP contribution in [-0.4, -0.2) is 57.7 Å². The molecule has 16 nitrogen and oxygen atoms in total. The molecular formula is C26H36N7O9PS. The molecule has 1 fully saturated rings. The summed E-state index contributed by atoms with van der Waals surface area (Å²) in [5.74, 6) is -0.389. The Hall–Kier alpha value is -3.43. The van der Waals surface area contributed by atoms with Gasteiger partial charge in [-0.1, -0.05) is 49.8 Å². The highest BCUT2D eigenvalue weighted by molar-refractivity contribution is 8.13. The van der Waals surface area contributed by atoms with Crippen molar-refractivity contribution in [2.24, 2.45) is 22.0 Å². The van der Waals surface area contributed by atoms with Gasteiger partial charge in [-0.3, -0.25) is 33.0 Å². The molecule has 0 aliphatic carbocycles. The Labute approximate surface area is 257 Å². The van der Waals surface area contributed by atoms with Crippen molar-refractivity contribution in [3.8, 4) is 5.75 Å². The number of hydrogen-bond acceptors (Lipinski definition) is 12. The van der Waals surface area contributed by atoms with E-state index in [-0.39, 0.29) is 41.6 Å². The van der Waals surface area contributed by atoms with Crippen molar-refractivity contribution in [2.45, 2.75) is 65.0 Å². The van der Waals surface area contributed by atoms with E-state index < -0.39 is 61.4 Å². The van der Waals surface area contributed by atoms with Crippen molar-refractivity contribution in [2.75, 3.05) is 19.0 Å². The van der Waals surface area contributed by atoms with Crippen LogP contribution in [0.25, 0.3) is 10.4 Å². The van der Waals surface area contributed by atoms with Gasteiger partial charge >= 0.3 is 13.5 Å². The van der Waals surface area contributed by atoms with Crippen molar-refractivity contribution in [1.82, 2.24) is 9.55 Å². The summed E-state index contributed by atoms with van der Waals surface area (Å²) < 4.78 is 37.7. The fourth-order valence-corrected chi connectivity index (χ4v) is 6.06. The Morgan fingerprint density at radius 2 is 1.95 bits per heavy atom. The van der Waals surface area contributed by atoms with Gasteiger partial charge in [-0.05, 0) is 36.6 Å². The highest BCUT2D eigenvalue weighted by atomic mass is 32.2. The lowest BCUT2D eigenvalue weighted by molar-refractivity contribution is -0.119. The quantitative estimate of drug-likeness (QED) is 0.0879. The fourth-order valence-electron chi connectivity index (χ4n) is 3.95. The van der Waals surface area contributed by atoms with Crippen molar-refractivity contribution in [3.63, 3.8) is 0 Å². The van der Waals surface area contributed by atoms with Crippen molar-refractivity contribution < 1.29 is 32.5 Å². The number of ether oxygens (including phenoxy) is 1. The van der Waals surface area contributed by atoms with Gasteiger partial charge in [0.15, 0.2) is 5.12 Å². The first-order valence-electron chi connectivity index (χ1n) is 13.5. The van der Waals surface area contributed by atoms with Crippen molar-refractivity contribution >= 4 is 30.6 Å². The van der Waals surface area contributed by atoms with Crippen molar-refractivity contribution in [1.29, 1.82) is 0 Å². The van der Waals surface area contributed by atoms with E-state index in [4.69, 9.17) is 35.3 Å². The number of aromatic nitrogens is 2. The van der Waals surface area contributed by atoms with E-state index in [1.54, 1.807) is 32.9 Å². The minimum absolute atomic E-state index is 0.0654. The van der Waals surface area contributed by atoms with Gasteiger partial charge in [0, 0.05) is 34.3 Å². The number of rotatable bonds is 14. The zero-order valence-corrected chi connectivity index (χ0v) is 26.4. The normalized spacial score (nSPS) is 20.3. The molecule has 1 aliphatic heterocycles. The number of nitrogens with zero attached hydrogens (tertiary/aromatic N) is 4. The molecule has 0 saturated carbocycles. The number of hydrogen-bond donors (Lipinski definition) is 3. The monoisotopic (exact) mass is 653 g/mol. The van der Waals surface area contributed by atoms with Crippen LogP contribution in [0.2, 0.25) is 0 Å². The number of amides is 1. The van der Waals surface area contributed by atoms with Gasteiger partial charge in [-0.2, -0.15) is 0 Å². The number of nitrogens with one attached hydrogen (secondary N) is 1. The van der Waals surface area contributed by atoms with Crippen LogP contribution >= 0.6 is 19.6 Å². The van der Waals surface area contributed by atoms with Crippen LogP contribution in [0.4, 0.5) is 0 Å². The Kier molecular flexibility index (Phi) is 12.0. The Bertz CT molecular complexity index is 1550. The van der Waals surface area contributed by atoms with Gasteiger partial charge in [0.2, 0.25) is 5.91 Å². The third-order valence-electron chi connectivity index (χ3n) is 6.40. The predicted molar refractivity (Wildman–Crippen MR) is 162 cm³/mol. The van der Waals surface area contributed by atoms with Crippen LogP contribution in [0.3, 0.4) is 0 Å². The van der Waals surface area contributed by atoms with E-state index in [0.29, 0.717) is 5.56 Å². The predicted octanol–water partition coefficient (Wildman–Crippen LogP) is 2.69. The Balaban J connectivity index is 1.76. The Morgan fingerprint density at radius 3 is 2.57 bits per heavy atom. The second-order valence-corrected chi connectivity index (χ2v) is 13.7. The van der Waals surface area contributed by atoms with Gasteiger partial charge in [0.25, 0.3) is 5.56 Å². The highest BCUT2D eigenvalue weighted by Crippen LogP contribution is 2.50. The molecule has 3 rings (SSSR count). The molecular weight excluding hydrogens is 617 g/mol. The molecule has 18 heteroatoms. The standard InChI is InChI=1S/C26H36N7O9PS/c1-15-13-33(25(37)30-23(15)35)21-12-19(31-32-29)20(41-21)14-40-43(38,39-9-10-44-24(36)26(2,3)4)42-17-7-5-16(6-8-17)11-18(27)22(28)34/h5-8,13,18-21H,9-12,14,27H2,1-4H3,(H2,28,34)(H,30,35,37)/t18-,19?,20+,21+,43?/m0/s1. The molecule has 240 valence electrons. The average molecular weight is 654 g/mol. The van der Waals surface area contributed by atoms with Crippen LogP contribution in [0, 0.1) is 12.3 Å². The number of azide groups is 1. The lowest BCUT2D eigenvalue weighted by Gasteiger charge is -2.22. The summed E-state index contributed by atoms with van der Waals surface area (Å²) in [5, 5.41) is 3.65. The number of primary amides is 1. The lowest BCUT2D eigenvalue weighted by Crippen LogP contribution is -2.38. The molecule has 0 bridgehead atoms. The average Bonchev–Trinajstić information content (AvgIpc) is 3.35. The number of aromatic amines is 1. The van der Waals surface area contributed by atoms with Crippen LogP contribution in [0.5, 0.6) is 5.75 Å². The van der Waals surface area contributed by atoms with Gasteiger partial charge in [-0.15, -0.1) is 0 Å². The highest BCUT2D eigenvalue weighted by Gasteiger charge is 2.39. The third kappa shape index (κ3) is 9.79. The number of carbonyl (C=O) groups is 2. The molecule has 1 saturated heterocycles. The molecule has 5 atom stereocenters. The largest absolute Gasteiger partial charge is 0.530 e. The molecule has 1 aromatic heterocycles. The number of nitrogens with two attached hydrogens (primary N) is 2. The molecule has 0 radical (unpaired) electrons. The second kappa shape index (κ2) is 15.0. The topological polar surface area (TPSA) is 244 Å². The number of H-pyrrole nitrogens is 1. The maximum Gasteiger partial charge on any atom is 0.530 e. The first-order chi connectivity index (χ1) is 20.6. The summed E-state index contributed by atoms with van der Waals surface area (Å²) in [7, 11) is -4.37. The van der Waals surface area contributed by atoms with E-state index in [1.165, 1.54) is 29.8 Å². The summed E-state index contributed by atoms with van der Waals surface area (Å²) in [6, 6.07) is 4.46. The molecule has 44 heavy (non-hydrogen) atoms. The molecule has 1 aliphatic rings. The Morgan fingerprint density at radius 1 is 1.27 bits per heavy atom. The smallest absolute Gasteiger partial charge is 0.404 e. The number of carbonyl (C=O) groups excluding carboxylic acids is 2. The van der Waals surface area contributed by atoms with Crippen LogP contribution in [0.15, 0.2) is 45.2 Å². The summed E-state index contributed by atoms with van der Waals surface area (Å²) in [6.45, 7) is 6.25. The third-order valence-corrected chi connectivity index (χ3v) is 9.04. The maximum atomic E-state index is 13.8. The number of phosphoric ester groups is 1. The van der Waals surface area contributed by atoms with Gasteiger partial charge in [0.05, 0.1) is 31.4 Å². The van der Waals surface area contributed by atoms with Gasteiger partial charge in [-0.25, -0.2) is 9.36 Å². The zero-order valence-electron chi connectivity index (χ0n) is 24.7. The van der Waals surface area contributed by atoms with Crippen LogP contribution in [0.1, 0.15) is 44.5 Å². The molecule has 1 amide bonds. The summed E-state index contributed by atoms with van der Waals surface area (Å²) >= 11 is 1.01. The van der Waals surface area contributed by atoms with Crippen LogP contribution in [-0.2, 0) is 34.4 Å². The maximum absolute atomic E-state index is 13.8. The summed E-state index contributed by atoms with van der Waals surface area (Å²) in [6.07, 6.45) is -0.308. The first kappa shape index (κ1) is 35.1. The van der Waals surface area contributed by atoms with E-state index >= 15 is 0 Å². The minimum atomic E-state index is -4.37. The van der Waals surface area contributed by atoms with Crippen LogP contribution < -0.4 is 27.2 Å². The molecule has 2 heterocycles. The lowest BCUT2D eigenvalue weighted by atomic mass is 10.00. The van der Waals surface area contributed by atoms with Gasteiger partial charge < -0.3 is 20.7 Å². The number of aryl methyl sites for hydroxylation is 1. The van der Waals surface area contributed by atoms with E-state index in [1.807, 2.05) is 0 Å². The van der Waals surface area contributed by atoms with Crippen molar-refractivity contribution in [3.05, 3.63) is 72.9 Å². The number of thioether (sulfide) groups is 1. The summed E-state index contributed by atoms with van der Waals surface area (Å²) in [5.41, 5.74) is 19.1. The molecule has 1 aromatic carbocycles. The van der Waals surface area contributed by atoms with E-state index in [2.05, 4.69) is 15.0 Å².